The highest BCUT2D eigenvalue weighted by atomic mass is 19.4. The Bertz CT molecular complexity index is 1050. The largest absolute Gasteiger partial charge is 0.573 e. The molecule has 0 bridgehead atoms. The van der Waals surface area contributed by atoms with Crippen molar-refractivity contribution in [3.8, 4) is 5.75 Å². The second-order valence-corrected chi connectivity index (χ2v) is 6.73. The second-order valence-electron chi connectivity index (χ2n) is 6.73. The van der Waals surface area contributed by atoms with Gasteiger partial charge in [-0.25, -0.2) is 9.99 Å². The first-order chi connectivity index (χ1) is 14.2. The molecule has 10 heteroatoms. The second kappa shape index (κ2) is 7.36. The number of aryl methyl sites for hydroxylation is 2. The number of benzene rings is 1. The van der Waals surface area contributed by atoms with Crippen molar-refractivity contribution in [3.63, 3.8) is 0 Å². The Hall–Kier alpha value is -3.56. The SMILES string of the molecule is Cc1nc(CN2N=C3C=CC=C(c4ccc(OC(F)(F)F)cc4)N3CC2=O)oc1C. The fourth-order valence-electron chi connectivity index (χ4n) is 3.12. The number of rotatable bonds is 4. The van der Waals surface area contributed by atoms with E-state index in [0.29, 0.717) is 28.7 Å². The smallest absolute Gasteiger partial charge is 0.444 e. The third kappa shape index (κ3) is 4.07. The molecule has 1 amide bonds. The van der Waals surface area contributed by atoms with Crippen LogP contribution in [0.3, 0.4) is 0 Å². The van der Waals surface area contributed by atoms with Crippen LogP contribution in [0, 0.1) is 13.8 Å². The number of hydrazone groups is 1. The van der Waals surface area contributed by atoms with Crippen LogP contribution >= 0.6 is 0 Å². The summed E-state index contributed by atoms with van der Waals surface area (Å²) in [7, 11) is 0. The lowest BCUT2D eigenvalue weighted by molar-refractivity contribution is -0.274. The standard InChI is InChI=1S/C20H17F3N4O3/c1-12-13(2)29-18(24-12)10-27-19(28)11-26-16(4-3-5-17(26)25-27)14-6-8-15(9-7-14)30-20(21,22)23/h3-9H,10-11H2,1-2H3. The molecular formula is C20H17F3N4O3. The highest BCUT2D eigenvalue weighted by Crippen LogP contribution is 2.29. The Morgan fingerprint density at radius 2 is 1.93 bits per heavy atom. The van der Waals surface area contributed by atoms with E-state index < -0.39 is 6.36 Å². The summed E-state index contributed by atoms with van der Waals surface area (Å²) in [5.74, 6) is 1.04. The zero-order valence-corrected chi connectivity index (χ0v) is 16.1. The van der Waals surface area contributed by atoms with E-state index >= 15 is 0 Å². The van der Waals surface area contributed by atoms with Crippen LogP contribution in [-0.4, -0.2) is 39.5 Å². The number of fused-ring (bicyclic) bond motifs is 1. The van der Waals surface area contributed by atoms with Gasteiger partial charge in [0.15, 0.2) is 5.84 Å². The molecule has 0 unspecified atom stereocenters. The van der Waals surface area contributed by atoms with Crippen molar-refractivity contribution in [2.75, 3.05) is 6.54 Å². The molecule has 0 fully saturated rings. The van der Waals surface area contributed by atoms with Crippen LogP contribution in [0.15, 0.2) is 52.0 Å². The molecule has 0 atom stereocenters. The zero-order chi connectivity index (χ0) is 21.5. The Morgan fingerprint density at radius 3 is 2.57 bits per heavy atom. The molecule has 1 aromatic carbocycles. The fourth-order valence-corrected chi connectivity index (χ4v) is 3.12. The van der Waals surface area contributed by atoms with Crippen LogP contribution in [0.4, 0.5) is 13.2 Å². The Kier molecular flexibility index (Phi) is 4.84. The van der Waals surface area contributed by atoms with Gasteiger partial charge in [0.2, 0.25) is 5.89 Å². The number of alkyl halides is 3. The molecule has 156 valence electrons. The topological polar surface area (TPSA) is 71.2 Å². The van der Waals surface area contributed by atoms with E-state index in [0.717, 1.165) is 5.69 Å². The summed E-state index contributed by atoms with van der Waals surface area (Å²) >= 11 is 0. The predicted octanol–water partition coefficient (Wildman–Crippen LogP) is 3.76. The molecule has 1 aromatic heterocycles. The van der Waals surface area contributed by atoms with Crippen LogP contribution in [0.1, 0.15) is 22.9 Å². The molecule has 0 N–H and O–H groups in total. The van der Waals surface area contributed by atoms with Crippen LogP contribution in [0.25, 0.3) is 5.70 Å². The van der Waals surface area contributed by atoms with E-state index in [2.05, 4.69) is 14.8 Å². The van der Waals surface area contributed by atoms with Gasteiger partial charge in [-0.05, 0) is 55.8 Å². The molecule has 4 rings (SSSR count). The number of carbonyl (C=O) groups excluding carboxylic acids is 1. The van der Waals surface area contributed by atoms with E-state index in [9.17, 15) is 18.0 Å². The van der Waals surface area contributed by atoms with Crippen molar-refractivity contribution in [2.24, 2.45) is 5.10 Å². The van der Waals surface area contributed by atoms with Crippen molar-refractivity contribution >= 4 is 17.4 Å². The number of oxazole rings is 1. The molecule has 2 aromatic rings. The summed E-state index contributed by atoms with van der Waals surface area (Å²) in [6, 6.07) is 5.45. The molecule has 0 radical (unpaired) electrons. The number of hydrogen-bond acceptors (Lipinski definition) is 6. The molecule has 0 aliphatic carbocycles. The van der Waals surface area contributed by atoms with Crippen LogP contribution < -0.4 is 4.74 Å². The van der Waals surface area contributed by atoms with Crippen LogP contribution in [0.2, 0.25) is 0 Å². The van der Waals surface area contributed by atoms with Crippen molar-refractivity contribution in [1.82, 2.24) is 14.9 Å². The normalized spacial score (nSPS) is 16.4. The lowest BCUT2D eigenvalue weighted by Gasteiger charge is -2.34. The average molecular weight is 418 g/mol. The van der Waals surface area contributed by atoms with Crippen LogP contribution in [-0.2, 0) is 11.3 Å². The van der Waals surface area contributed by atoms with Gasteiger partial charge in [-0.15, -0.1) is 13.2 Å². The number of amidine groups is 1. The molecule has 0 spiro atoms. The highest BCUT2D eigenvalue weighted by Gasteiger charge is 2.32. The first-order valence-electron chi connectivity index (χ1n) is 9.03. The quantitative estimate of drug-likeness (QED) is 0.756. The number of ether oxygens (including phenoxy) is 1. The van der Waals surface area contributed by atoms with Crippen molar-refractivity contribution in [3.05, 3.63) is 65.4 Å². The van der Waals surface area contributed by atoms with E-state index in [4.69, 9.17) is 4.42 Å². The van der Waals surface area contributed by atoms with Gasteiger partial charge in [-0.2, -0.15) is 5.10 Å². The number of carbonyl (C=O) groups is 1. The maximum Gasteiger partial charge on any atom is 0.573 e. The third-order valence-corrected chi connectivity index (χ3v) is 4.61. The van der Waals surface area contributed by atoms with Gasteiger partial charge in [0.05, 0.1) is 11.4 Å². The maximum absolute atomic E-state index is 12.6. The van der Waals surface area contributed by atoms with Gasteiger partial charge in [0, 0.05) is 0 Å². The van der Waals surface area contributed by atoms with E-state index in [-0.39, 0.29) is 24.7 Å². The summed E-state index contributed by atoms with van der Waals surface area (Å²) in [6.45, 7) is 3.75. The lowest BCUT2D eigenvalue weighted by atomic mass is 10.1. The molecule has 0 saturated heterocycles. The molecule has 2 aliphatic rings. The third-order valence-electron chi connectivity index (χ3n) is 4.61. The molecule has 30 heavy (non-hydrogen) atoms. The Labute approximate surface area is 169 Å². The predicted molar refractivity (Wildman–Crippen MR) is 101 cm³/mol. The maximum atomic E-state index is 12.6. The summed E-state index contributed by atoms with van der Waals surface area (Å²) in [5, 5.41) is 5.68. The molecule has 0 saturated carbocycles. The molecular weight excluding hydrogens is 401 g/mol. The number of allylic oxidation sites excluding steroid dienone is 2. The summed E-state index contributed by atoms with van der Waals surface area (Å²) in [4.78, 5) is 18.6. The lowest BCUT2D eigenvalue weighted by Crippen LogP contribution is -2.46. The molecule has 2 aliphatic heterocycles. The van der Waals surface area contributed by atoms with E-state index in [1.807, 2.05) is 6.92 Å². The zero-order valence-electron chi connectivity index (χ0n) is 16.1. The highest BCUT2D eigenvalue weighted by molar-refractivity contribution is 6.05. The van der Waals surface area contributed by atoms with Crippen molar-refractivity contribution in [1.29, 1.82) is 0 Å². The monoisotopic (exact) mass is 418 g/mol. The first kappa shape index (κ1) is 19.7. The van der Waals surface area contributed by atoms with Gasteiger partial charge in [0.1, 0.15) is 24.6 Å². The minimum Gasteiger partial charge on any atom is -0.444 e. The van der Waals surface area contributed by atoms with Crippen molar-refractivity contribution in [2.45, 2.75) is 26.8 Å². The number of hydrogen-bond donors (Lipinski definition) is 0. The minimum absolute atomic E-state index is 0.0223. The number of aromatic nitrogens is 1. The number of halogens is 3. The van der Waals surface area contributed by atoms with Crippen molar-refractivity contribution < 1.29 is 27.1 Å². The summed E-state index contributed by atoms with van der Waals surface area (Å²) < 4.78 is 46.5. The fraction of sp³-hybridized carbons (Fsp3) is 0.250. The van der Waals surface area contributed by atoms with Gasteiger partial charge < -0.3 is 14.1 Å². The number of amides is 1. The van der Waals surface area contributed by atoms with Gasteiger partial charge >= 0.3 is 6.36 Å². The first-order valence-corrected chi connectivity index (χ1v) is 9.03. The molecule has 3 heterocycles. The van der Waals surface area contributed by atoms with E-state index in [1.165, 1.54) is 29.3 Å². The Morgan fingerprint density at radius 1 is 1.20 bits per heavy atom. The van der Waals surface area contributed by atoms with Crippen LogP contribution in [0.5, 0.6) is 5.75 Å². The average Bonchev–Trinajstić information content (AvgIpc) is 2.98. The Balaban J connectivity index is 1.54. The van der Waals surface area contributed by atoms with Gasteiger partial charge in [-0.1, -0.05) is 6.08 Å². The van der Waals surface area contributed by atoms with E-state index in [1.54, 1.807) is 30.1 Å². The number of nitrogens with zero attached hydrogens (tertiary/aromatic N) is 4. The minimum atomic E-state index is -4.75. The summed E-state index contributed by atoms with van der Waals surface area (Å²) in [6.07, 6.45) is 0.521. The van der Waals surface area contributed by atoms with Gasteiger partial charge in [0.25, 0.3) is 5.91 Å². The van der Waals surface area contributed by atoms with Gasteiger partial charge in [-0.3, -0.25) is 4.79 Å². The summed E-state index contributed by atoms with van der Waals surface area (Å²) in [5.41, 5.74) is 2.02. The molecule has 7 nitrogen and oxygen atoms in total.